The van der Waals surface area contributed by atoms with Crippen LogP contribution in [0.3, 0.4) is 0 Å². The van der Waals surface area contributed by atoms with Crippen LogP contribution in [0.15, 0.2) is 66.0 Å². The fourth-order valence-electron chi connectivity index (χ4n) is 3.50. The number of ether oxygens (including phenoxy) is 3. The van der Waals surface area contributed by atoms with E-state index in [1.807, 2.05) is 31.2 Å². The van der Waals surface area contributed by atoms with Crippen LogP contribution in [0.1, 0.15) is 32.3 Å². The van der Waals surface area contributed by atoms with Crippen molar-refractivity contribution in [3.63, 3.8) is 0 Å². The van der Waals surface area contributed by atoms with Crippen LogP contribution in [0.5, 0.6) is 5.75 Å². The van der Waals surface area contributed by atoms with Crippen LogP contribution in [0, 0.1) is 0 Å². The Kier molecular flexibility index (Phi) is 8.42. The van der Waals surface area contributed by atoms with E-state index in [1.165, 1.54) is 0 Å². The summed E-state index contributed by atoms with van der Waals surface area (Å²) >= 11 is 12.3. The summed E-state index contributed by atoms with van der Waals surface area (Å²) in [6, 6.07) is 12.3. The van der Waals surface area contributed by atoms with Gasteiger partial charge in [-0.15, -0.1) is 0 Å². The molecule has 6 nitrogen and oxygen atoms in total. The van der Waals surface area contributed by atoms with Crippen molar-refractivity contribution in [2.45, 2.75) is 26.7 Å². The predicted octanol–water partition coefficient (Wildman–Crippen LogP) is 5.89. The Morgan fingerprint density at radius 3 is 1.88 bits per heavy atom. The van der Waals surface area contributed by atoms with Crippen LogP contribution in [-0.2, 0) is 19.1 Å². The Balaban J connectivity index is 2.14. The number of esters is 2. The second-order valence-corrected chi connectivity index (χ2v) is 7.86. The van der Waals surface area contributed by atoms with Gasteiger partial charge in [-0.25, -0.2) is 9.59 Å². The lowest BCUT2D eigenvalue weighted by Crippen LogP contribution is -2.29. The molecule has 33 heavy (non-hydrogen) atoms. The highest BCUT2D eigenvalue weighted by molar-refractivity contribution is 6.42. The Morgan fingerprint density at radius 2 is 1.39 bits per heavy atom. The standard InChI is InChI=1S/C25H25Cl2NO5/c1-4-31-18-10-8-17(9-11-18)28-14-19(24(29)32-5-2)23(20(15-28)25(30)33-6-3)16-7-12-21(26)22(27)13-16/h7-15,23H,4-6H2,1-3H3. The van der Waals surface area contributed by atoms with E-state index in [2.05, 4.69) is 0 Å². The molecule has 2 aromatic rings. The SMILES string of the molecule is CCOC(=O)C1=CN(c2ccc(OCC)cc2)C=C(C(=O)OCC)C1c1ccc(Cl)c(Cl)c1. The Labute approximate surface area is 203 Å². The molecule has 1 heterocycles. The van der Waals surface area contributed by atoms with Gasteiger partial charge in [-0.05, 0) is 62.7 Å². The van der Waals surface area contributed by atoms with Gasteiger partial charge in [-0.2, -0.15) is 0 Å². The van der Waals surface area contributed by atoms with Gasteiger partial charge in [0.25, 0.3) is 0 Å². The lowest BCUT2D eigenvalue weighted by atomic mass is 9.83. The summed E-state index contributed by atoms with van der Waals surface area (Å²) in [7, 11) is 0. The number of carbonyl (C=O) groups is 2. The van der Waals surface area contributed by atoms with Crippen molar-refractivity contribution in [2.75, 3.05) is 24.7 Å². The molecule has 2 aromatic carbocycles. The predicted molar refractivity (Wildman–Crippen MR) is 129 cm³/mol. The lowest BCUT2D eigenvalue weighted by Gasteiger charge is -2.30. The highest BCUT2D eigenvalue weighted by atomic mass is 35.5. The fourth-order valence-corrected chi connectivity index (χ4v) is 3.81. The third kappa shape index (κ3) is 5.70. The first-order valence-corrected chi connectivity index (χ1v) is 11.4. The maximum absolute atomic E-state index is 13.0. The van der Waals surface area contributed by atoms with Crippen molar-refractivity contribution < 1.29 is 23.8 Å². The number of halogens is 2. The number of rotatable bonds is 8. The molecule has 0 atom stereocenters. The van der Waals surface area contributed by atoms with Crippen molar-refractivity contribution in [1.82, 2.24) is 0 Å². The van der Waals surface area contributed by atoms with E-state index in [9.17, 15) is 9.59 Å². The molecule has 1 aliphatic heterocycles. The summed E-state index contributed by atoms with van der Waals surface area (Å²) in [5, 5.41) is 0.685. The van der Waals surface area contributed by atoms with Gasteiger partial charge < -0.3 is 19.1 Å². The van der Waals surface area contributed by atoms with Gasteiger partial charge in [0.2, 0.25) is 0 Å². The van der Waals surface area contributed by atoms with Crippen LogP contribution in [0.2, 0.25) is 10.0 Å². The Morgan fingerprint density at radius 1 is 0.818 bits per heavy atom. The van der Waals surface area contributed by atoms with Gasteiger partial charge in [-0.3, -0.25) is 0 Å². The summed E-state index contributed by atoms with van der Waals surface area (Å²) in [5.74, 6) is -1.10. The van der Waals surface area contributed by atoms with Gasteiger partial charge in [0, 0.05) is 18.1 Å². The van der Waals surface area contributed by atoms with Crippen LogP contribution < -0.4 is 9.64 Å². The number of carbonyl (C=O) groups excluding carboxylic acids is 2. The molecular formula is C25H25Cl2NO5. The monoisotopic (exact) mass is 489 g/mol. The lowest BCUT2D eigenvalue weighted by molar-refractivity contribution is -0.139. The van der Waals surface area contributed by atoms with Crippen molar-refractivity contribution in [3.8, 4) is 5.75 Å². The zero-order chi connectivity index (χ0) is 24.0. The van der Waals surface area contributed by atoms with Crippen LogP contribution >= 0.6 is 23.2 Å². The third-order valence-electron chi connectivity index (χ3n) is 4.92. The van der Waals surface area contributed by atoms with E-state index in [-0.39, 0.29) is 24.4 Å². The number of benzene rings is 2. The van der Waals surface area contributed by atoms with E-state index >= 15 is 0 Å². The molecule has 0 radical (unpaired) electrons. The Hall–Kier alpha value is -2.96. The molecule has 0 aliphatic carbocycles. The topological polar surface area (TPSA) is 65.1 Å². The molecule has 0 saturated heterocycles. The van der Waals surface area contributed by atoms with Gasteiger partial charge in [0.05, 0.1) is 46.9 Å². The summed E-state index contributed by atoms with van der Waals surface area (Å²) in [4.78, 5) is 27.7. The number of hydrogen-bond donors (Lipinski definition) is 0. The third-order valence-corrected chi connectivity index (χ3v) is 5.66. The zero-order valence-corrected chi connectivity index (χ0v) is 20.2. The summed E-state index contributed by atoms with van der Waals surface area (Å²) in [5.41, 5.74) is 1.90. The molecule has 0 saturated carbocycles. The van der Waals surface area contributed by atoms with Gasteiger partial charge in [0.15, 0.2) is 0 Å². The average molecular weight is 490 g/mol. The van der Waals surface area contributed by atoms with Crippen LogP contribution in [0.25, 0.3) is 0 Å². The summed E-state index contributed by atoms with van der Waals surface area (Å²) in [6.45, 7) is 6.28. The van der Waals surface area contributed by atoms with Crippen LogP contribution in [0.4, 0.5) is 5.69 Å². The minimum absolute atomic E-state index is 0.186. The zero-order valence-electron chi connectivity index (χ0n) is 18.6. The molecule has 174 valence electrons. The number of anilines is 1. The van der Waals surface area contributed by atoms with E-state index in [1.54, 1.807) is 49.3 Å². The number of nitrogens with zero attached hydrogens (tertiary/aromatic N) is 1. The van der Waals surface area contributed by atoms with Crippen molar-refractivity contribution >= 4 is 40.8 Å². The van der Waals surface area contributed by atoms with Crippen molar-refractivity contribution in [3.05, 3.63) is 81.6 Å². The second kappa shape index (κ2) is 11.3. The molecule has 1 aliphatic rings. The largest absolute Gasteiger partial charge is 0.494 e. The molecular weight excluding hydrogens is 465 g/mol. The first kappa shape index (κ1) is 24.7. The minimum atomic E-state index is -0.739. The van der Waals surface area contributed by atoms with E-state index < -0.39 is 17.9 Å². The first-order chi connectivity index (χ1) is 15.9. The quantitative estimate of drug-likeness (QED) is 0.430. The maximum Gasteiger partial charge on any atom is 0.336 e. The van der Waals surface area contributed by atoms with Gasteiger partial charge in [-0.1, -0.05) is 29.3 Å². The minimum Gasteiger partial charge on any atom is -0.494 e. The molecule has 0 bridgehead atoms. The summed E-state index contributed by atoms with van der Waals surface area (Å²) < 4.78 is 16.1. The van der Waals surface area contributed by atoms with Crippen molar-refractivity contribution in [2.24, 2.45) is 0 Å². The molecule has 0 spiro atoms. The molecule has 0 amide bonds. The normalized spacial score (nSPS) is 13.8. The maximum atomic E-state index is 13.0. The fraction of sp³-hybridized carbons (Fsp3) is 0.280. The van der Waals surface area contributed by atoms with E-state index in [0.29, 0.717) is 22.2 Å². The molecule has 8 heteroatoms. The second-order valence-electron chi connectivity index (χ2n) is 7.05. The highest BCUT2D eigenvalue weighted by Crippen LogP contribution is 2.40. The van der Waals surface area contributed by atoms with Gasteiger partial charge in [0.1, 0.15) is 5.75 Å². The molecule has 3 rings (SSSR count). The van der Waals surface area contributed by atoms with Crippen LogP contribution in [-0.4, -0.2) is 31.8 Å². The number of hydrogen-bond acceptors (Lipinski definition) is 6. The summed E-state index contributed by atoms with van der Waals surface area (Å²) in [6.07, 6.45) is 3.31. The average Bonchev–Trinajstić information content (AvgIpc) is 2.81. The highest BCUT2D eigenvalue weighted by Gasteiger charge is 2.36. The molecule has 0 aromatic heterocycles. The Bertz CT molecular complexity index is 1040. The molecule has 0 N–H and O–H groups in total. The van der Waals surface area contributed by atoms with Crippen molar-refractivity contribution in [1.29, 1.82) is 0 Å². The van der Waals surface area contributed by atoms with E-state index in [4.69, 9.17) is 37.4 Å². The molecule has 0 unspecified atom stereocenters. The van der Waals surface area contributed by atoms with Gasteiger partial charge >= 0.3 is 11.9 Å². The molecule has 0 fully saturated rings. The first-order valence-electron chi connectivity index (χ1n) is 10.6. The smallest absolute Gasteiger partial charge is 0.336 e. The van der Waals surface area contributed by atoms with E-state index in [0.717, 1.165) is 11.4 Å².